The van der Waals surface area contributed by atoms with Crippen molar-refractivity contribution in [3.05, 3.63) is 47.1 Å². The van der Waals surface area contributed by atoms with E-state index in [0.717, 1.165) is 37.4 Å². The van der Waals surface area contributed by atoms with E-state index in [1.165, 1.54) is 11.1 Å². The first-order chi connectivity index (χ1) is 10.0. The topological polar surface area (TPSA) is 64.9 Å². The lowest BCUT2D eigenvalue weighted by atomic mass is 9.78. The van der Waals surface area contributed by atoms with Gasteiger partial charge in [-0.05, 0) is 44.1 Å². The quantitative estimate of drug-likeness (QED) is 0.939. The Kier molecular flexibility index (Phi) is 3.81. The largest absolute Gasteiger partial charge is 0.337 e. The third-order valence-electron chi connectivity index (χ3n) is 4.51. The molecule has 0 aliphatic heterocycles. The molecule has 21 heavy (non-hydrogen) atoms. The van der Waals surface area contributed by atoms with Crippen molar-refractivity contribution in [2.75, 3.05) is 0 Å². The molecular formula is C17H23N3O. The molecule has 3 rings (SSSR count). The summed E-state index contributed by atoms with van der Waals surface area (Å²) in [6, 6.07) is 8.38. The number of aromatic nitrogens is 2. The summed E-state index contributed by atoms with van der Waals surface area (Å²) < 4.78 is 5.46. The number of benzene rings is 1. The van der Waals surface area contributed by atoms with E-state index in [1.54, 1.807) is 0 Å². The molecule has 0 amide bonds. The third-order valence-corrected chi connectivity index (χ3v) is 4.51. The lowest BCUT2D eigenvalue weighted by molar-refractivity contribution is 0.190. The third kappa shape index (κ3) is 3.16. The predicted molar refractivity (Wildman–Crippen MR) is 81.8 cm³/mol. The van der Waals surface area contributed by atoms with Crippen LogP contribution in [-0.2, 0) is 12.0 Å². The highest BCUT2D eigenvalue weighted by Crippen LogP contribution is 2.36. The molecule has 1 aromatic carbocycles. The highest BCUT2D eigenvalue weighted by molar-refractivity contribution is 5.24. The number of nitrogens with two attached hydrogens (primary N) is 1. The fourth-order valence-corrected chi connectivity index (χ4v) is 3.02. The second kappa shape index (κ2) is 5.60. The Morgan fingerprint density at radius 3 is 2.81 bits per heavy atom. The Balaban J connectivity index is 1.74. The molecular weight excluding hydrogens is 262 g/mol. The zero-order valence-electron chi connectivity index (χ0n) is 12.8. The van der Waals surface area contributed by atoms with Crippen LogP contribution in [0.1, 0.15) is 55.4 Å². The van der Waals surface area contributed by atoms with Gasteiger partial charge in [-0.1, -0.05) is 41.9 Å². The summed E-state index contributed by atoms with van der Waals surface area (Å²) in [4.78, 5) is 4.55. The minimum Gasteiger partial charge on any atom is -0.337 e. The molecule has 112 valence electrons. The van der Waals surface area contributed by atoms with Crippen molar-refractivity contribution in [3.63, 3.8) is 0 Å². The standard InChI is InChI=1S/C17H23N3O/c1-12-6-8-17(18,9-7-12)16-19-15(20-21-16)11-14-5-3-4-13(2)10-14/h3-5,10,12H,6-9,11,18H2,1-2H3. The normalized spacial score (nSPS) is 26.0. The maximum atomic E-state index is 6.48. The summed E-state index contributed by atoms with van der Waals surface area (Å²) >= 11 is 0. The van der Waals surface area contributed by atoms with Crippen LogP contribution in [0, 0.1) is 12.8 Å². The molecule has 2 aromatic rings. The summed E-state index contributed by atoms with van der Waals surface area (Å²) in [5.74, 6) is 2.08. The van der Waals surface area contributed by atoms with Crippen molar-refractivity contribution in [1.29, 1.82) is 0 Å². The van der Waals surface area contributed by atoms with Crippen LogP contribution in [0.4, 0.5) is 0 Å². The molecule has 1 aliphatic rings. The smallest absolute Gasteiger partial charge is 0.246 e. The van der Waals surface area contributed by atoms with Crippen molar-refractivity contribution < 1.29 is 4.52 Å². The van der Waals surface area contributed by atoms with E-state index in [0.29, 0.717) is 12.3 Å². The maximum Gasteiger partial charge on any atom is 0.246 e. The molecule has 4 nitrogen and oxygen atoms in total. The van der Waals surface area contributed by atoms with Gasteiger partial charge in [0.1, 0.15) is 0 Å². The second-order valence-corrected chi connectivity index (χ2v) is 6.52. The van der Waals surface area contributed by atoms with Gasteiger partial charge in [0, 0.05) is 6.42 Å². The highest BCUT2D eigenvalue weighted by Gasteiger charge is 2.37. The van der Waals surface area contributed by atoms with E-state index < -0.39 is 5.54 Å². The minimum absolute atomic E-state index is 0.426. The molecule has 0 spiro atoms. The summed E-state index contributed by atoms with van der Waals surface area (Å²) in [6.45, 7) is 4.36. The zero-order chi connectivity index (χ0) is 14.9. The van der Waals surface area contributed by atoms with Crippen molar-refractivity contribution >= 4 is 0 Å². The monoisotopic (exact) mass is 285 g/mol. The number of hydrogen-bond acceptors (Lipinski definition) is 4. The van der Waals surface area contributed by atoms with Crippen LogP contribution < -0.4 is 5.73 Å². The Labute approximate surface area is 125 Å². The van der Waals surface area contributed by atoms with Crippen LogP contribution >= 0.6 is 0 Å². The summed E-state index contributed by atoms with van der Waals surface area (Å²) in [5.41, 5.74) is 8.49. The molecule has 0 saturated heterocycles. The maximum absolute atomic E-state index is 6.48. The van der Waals surface area contributed by atoms with Crippen LogP contribution in [0.3, 0.4) is 0 Å². The van der Waals surface area contributed by atoms with E-state index in [1.807, 2.05) is 0 Å². The van der Waals surface area contributed by atoms with Crippen LogP contribution in [0.2, 0.25) is 0 Å². The van der Waals surface area contributed by atoms with Crippen molar-refractivity contribution in [3.8, 4) is 0 Å². The van der Waals surface area contributed by atoms with E-state index in [9.17, 15) is 0 Å². The molecule has 1 aliphatic carbocycles. The molecule has 1 heterocycles. The first-order valence-electron chi connectivity index (χ1n) is 7.73. The van der Waals surface area contributed by atoms with Gasteiger partial charge in [-0.2, -0.15) is 4.98 Å². The van der Waals surface area contributed by atoms with Gasteiger partial charge >= 0.3 is 0 Å². The van der Waals surface area contributed by atoms with Gasteiger partial charge in [0.25, 0.3) is 0 Å². The fourth-order valence-electron chi connectivity index (χ4n) is 3.02. The SMILES string of the molecule is Cc1cccc(Cc2noc(C3(N)CCC(C)CC3)n2)c1. The first kappa shape index (κ1) is 14.3. The molecule has 0 radical (unpaired) electrons. The number of aryl methyl sites for hydroxylation is 1. The van der Waals surface area contributed by atoms with Crippen LogP contribution in [0.15, 0.2) is 28.8 Å². The van der Waals surface area contributed by atoms with E-state index in [-0.39, 0.29) is 0 Å². The average Bonchev–Trinajstić information content (AvgIpc) is 2.92. The van der Waals surface area contributed by atoms with Crippen molar-refractivity contribution in [2.24, 2.45) is 11.7 Å². The van der Waals surface area contributed by atoms with Gasteiger partial charge in [-0.15, -0.1) is 0 Å². The Morgan fingerprint density at radius 1 is 1.33 bits per heavy atom. The number of nitrogens with zero attached hydrogens (tertiary/aromatic N) is 2. The van der Waals surface area contributed by atoms with E-state index >= 15 is 0 Å². The molecule has 0 bridgehead atoms. The van der Waals surface area contributed by atoms with Crippen molar-refractivity contribution in [2.45, 2.75) is 51.5 Å². The molecule has 0 atom stereocenters. The Bertz CT molecular complexity index is 612. The second-order valence-electron chi connectivity index (χ2n) is 6.52. The number of hydrogen-bond donors (Lipinski definition) is 1. The average molecular weight is 285 g/mol. The molecule has 1 aromatic heterocycles. The summed E-state index contributed by atoms with van der Waals surface area (Å²) in [7, 11) is 0. The molecule has 0 unspecified atom stereocenters. The zero-order valence-corrected chi connectivity index (χ0v) is 12.8. The van der Waals surface area contributed by atoms with Crippen LogP contribution in [0.5, 0.6) is 0 Å². The van der Waals surface area contributed by atoms with Crippen LogP contribution in [-0.4, -0.2) is 10.1 Å². The molecule has 4 heteroatoms. The minimum atomic E-state index is -0.426. The lowest BCUT2D eigenvalue weighted by Crippen LogP contribution is -2.40. The van der Waals surface area contributed by atoms with Crippen LogP contribution in [0.25, 0.3) is 0 Å². The molecule has 1 saturated carbocycles. The van der Waals surface area contributed by atoms with Gasteiger partial charge in [-0.25, -0.2) is 0 Å². The van der Waals surface area contributed by atoms with Crippen molar-refractivity contribution in [1.82, 2.24) is 10.1 Å². The number of rotatable bonds is 3. The van der Waals surface area contributed by atoms with E-state index in [4.69, 9.17) is 10.3 Å². The van der Waals surface area contributed by atoms with E-state index in [2.05, 4.69) is 48.3 Å². The Hall–Kier alpha value is -1.68. The van der Waals surface area contributed by atoms with Gasteiger partial charge in [-0.3, -0.25) is 0 Å². The van der Waals surface area contributed by atoms with Gasteiger partial charge in [0.05, 0.1) is 5.54 Å². The highest BCUT2D eigenvalue weighted by atomic mass is 16.5. The van der Waals surface area contributed by atoms with Gasteiger partial charge in [0.2, 0.25) is 5.89 Å². The van der Waals surface area contributed by atoms with Gasteiger partial charge < -0.3 is 10.3 Å². The molecule has 2 N–H and O–H groups in total. The predicted octanol–water partition coefficient (Wildman–Crippen LogP) is 3.33. The summed E-state index contributed by atoms with van der Waals surface area (Å²) in [5, 5.41) is 4.11. The Morgan fingerprint density at radius 2 is 2.10 bits per heavy atom. The first-order valence-corrected chi connectivity index (χ1v) is 7.73. The molecule has 1 fully saturated rings. The van der Waals surface area contributed by atoms with Gasteiger partial charge in [0.15, 0.2) is 5.82 Å². The fraction of sp³-hybridized carbons (Fsp3) is 0.529. The lowest BCUT2D eigenvalue weighted by Gasteiger charge is -2.32. The summed E-state index contributed by atoms with van der Waals surface area (Å²) in [6.07, 6.45) is 4.82.